The fourth-order valence-corrected chi connectivity index (χ4v) is 6.62. The second-order valence-corrected chi connectivity index (χ2v) is 5.73. The zero-order valence-electron chi connectivity index (χ0n) is 6.62. The molecule has 0 aromatic heterocycles. The molecule has 0 aromatic rings. The summed E-state index contributed by atoms with van der Waals surface area (Å²) in [4.78, 5) is 0. The third-order valence-corrected chi connectivity index (χ3v) is 6.00. The van der Waals surface area contributed by atoms with Crippen molar-refractivity contribution >= 4 is 0 Å². The van der Waals surface area contributed by atoms with Crippen molar-refractivity contribution in [3.05, 3.63) is 0 Å². The molecule has 4 nitrogen and oxygen atoms in total. The van der Waals surface area contributed by atoms with Gasteiger partial charge in [-0.1, -0.05) is 0 Å². The smallest absolute Gasteiger partial charge is 0.0347 e. The number of hydrogen-bond donors (Lipinski definition) is 4. The summed E-state index contributed by atoms with van der Waals surface area (Å²) >= 11 is 0. The Morgan fingerprint density at radius 3 is 0.833 bits per heavy atom. The summed E-state index contributed by atoms with van der Waals surface area (Å²) < 4.78 is 0. The van der Waals surface area contributed by atoms with Gasteiger partial charge in [-0.15, -0.1) is 0 Å². The van der Waals surface area contributed by atoms with Crippen LogP contribution in [0, 0.1) is 23.7 Å². The Morgan fingerprint density at radius 2 is 0.667 bits per heavy atom. The molecule has 0 aromatic carbocycles. The summed E-state index contributed by atoms with van der Waals surface area (Å²) in [6, 6.07) is 0. The molecular formula is C8H12N4. The lowest BCUT2D eigenvalue weighted by Crippen LogP contribution is -3.33. The monoisotopic (exact) mass is 164 g/mol. The molecule has 0 bridgehead atoms. The van der Waals surface area contributed by atoms with Crippen LogP contribution in [0.3, 0.4) is 0 Å². The average molecular weight is 164 g/mol. The zero-order valence-corrected chi connectivity index (χ0v) is 6.62. The van der Waals surface area contributed by atoms with Crippen LogP contribution in [0.15, 0.2) is 0 Å². The Labute approximate surface area is 69.6 Å². The Balaban J connectivity index is 1.86. The number of hydrogen-bond acceptors (Lipinski definition) is 4. The van der Waals surface area contributed by atoms with Crippen LogP contribution in [0.5, 0.6) is 0 Å². The molecule has 0 aliphatic heterocycles. The van der Waals surface area contributed by atoms with E-state index in [1.54, 1.807) is 0 Å². The predicted molar refractivity (Wildman–Crippen MR) is 41.6 cm³/mol. The molecule has 0 spiro atoms. The van der Waals surface area contributed by atoms with Crippen LogP contribution in [-0.4, -0.2) is 22.2 Å². The Kier molecular flexibility index (Phi) is 0.378. The van der Waals surface area contributed by atoms with E-state index in [-0.39, 0.29) is 22.2 Å². The van der Waals surface area contributed by atoms with E-state index in [2.05, 4.69) is 0 Å². The lowest BCUT2D eigenvalue weighted by atomic mass is 8.91. The van der Waals surface area contributed by atoms with Gasteiger partial charge < -0.3 is 22.9 Å². The van der Waals surface area contributed by atoms with Crippen molar-refractivity contribution in [1.82, 2.24) is 0 Å². The van der Waals surface area contributed by atoms with E-state index in [1.807, 2.05) is 0 Å². The van der Waals surface area contributed by atoms with Crippen molar-refractivity contribution in [1.29, 1.82) is 0 Å². The molecule has 0 heterocycles. The van der Waals surface area contributed by atoms with Crippen LogP contribution < -0.4 is 22.9 Å². The van der Waals surface area contributed by atoms with Crippen molar-refractivity contribution < 1.29 is 0 Å². The SMILES string of the molecule is NC12C3C4(N)C1C1(N)C2C3(N)C41. The summed E-state index contributed by atoms with van der Waals surface area (Å²) in [5, 5.41) is 0. The van der Waals surface area contributed by atoms with E-state index in [9.17, 15) is 0 Å². The van der Waals surface area contributed by atoms with Gasteiger partial charge in [0.15, 0.2) is 0 Å². The Hall–Kier alpha value is -0.160. The lowest BCUT2D eigenvalue weighted by Gasteiger charge is -3.15. The quantitative estimate of drug-likeness (QED) is 0.313. The first-order valence-electron chi connectivity index (χ1n) is 4.62. The van der Waals surface area contributed by atoms with Crippen LogP contribution in [0.25, 0.3) is 0 Å². The van der Waals surface area contributed by atoms with Gasteiger partial charge >= 0.3 is 0 Å². The van der Waals surface area contributed by atoms with Gasteiger partial charge in [0.05, 0.1) is 0 Å². The first-order chi connectivity index (χ1) is 5.46. The van der Waals surface area contributed by atoms with Crippen molar-refractivity contribution in [3.8, 4) is 0 Å². The van der Waals surface area contributed by atoms with Crippen LogP contribution in [-0.2, 0) is 0 Å². The molecule has 8 N–H and O–H groups in total. The highest BCUT2D eigenvalue weighted by Crippen LogP contribution is 3.03. The van der Waals surface area contributed by atoms with Crippen molar-refractivity contribution in [2.24, 2.45) is 46.6 Å². The maximum absolute atomic E-state index is 6.20. The minimum Gasteiger partial charge on any atom is -0.324 e. The molecule has 0 radical (unpaired) electrons. The summed E-state index contributed by atoms with van der Waals surface area (Å²) in [6.45, 7) is 0. The van der Waals surface area contributed by atoms with Crippen LogP contribution in [0.4, 0.5) is 0 Å². The van der Waals surface area contributed by atoms with E-state index in [0.29, 0.717) is 23.7 Å². The molecule has 12 heavy (non-hydrogen) atoms. The maximum Gasteiger partial charge on any atom is 0.0347 e. The third-order valence-electron chi connectivity index (χ3n) is 6.00. The molecule has 6 saturated carbocycles. The van der Waals surface area contributed by atoms with E-state index >= 15 is 0 Å². The van der Waals surface area contributed by atoms with Gasteiger partial charge in [0.25, 0.3) is 0 Å². The van der Waals surface area contributed by atoms with Gasteiger partial charge in [-0.05, 0) is 0 Å². The van der Waals surface area contributed by atoms with Gasteiger partial charge in [-0.2, -0.15) is 0 Å². The van der Waals surface area contributed by atoms with Crippen molar-refractivity contribution in [3.63, 3.8) is 0 Å². The molecule has 0 amide bonds. The first kappa shape index (κ1) is 5.54. The fourth-order valence-electron chi connectivity index (χ4n) is 6.62. The largest absolute Gasteiger partial charge is 0.324 e. The predicted octanol–water partition coefficient (Wildman–Crippen LogP) is -2.69. The highest BCUT2D eigenvalue weighted by Gasteiger charge is 3.18. The van der Waals surface area contributed by atoms with Gasteiger partial charge in [-0.3, -0.25) is 0 Å². The Bertz CT molecular complexity index is 254. The van der Waals surface area contributed by atoms with Crippen molar-refractivity contribution in [2.45, 2.75) is 22.2 Å². The van der Waals surface area contributed by atoms with E-state index in [4.69, 9.17) is 22.9 Å². The molecule has 0 atom stereocenters. The molecular weight excluding hydrogens is 152 g/mol. The van der Waals surface area contributed by atoms with E-state index in [0.717, 1.165) is 0 Å². The lowest BCUT2D eigenvalue weighted by molar-refractivity contribution is -0.591. The minimum atomic E-state index is -0.0208. The summed E-state index contributed by atoms with van der Waals surface area (Å²) in [5.74, 6) is 1.62. The van der Waals surface area contributed by atoms with Crippen LogP contribution >= 0.6 is 0 Å². The number of rotatable bonds is 0. The number of nitrogens with two attached hydrogens (primary N) is 4. The molecule has 4 heteroatoms. The molecule has 0 saturated heterocycles. The normalized spacial score (nSPS) is 101. The second-order valence-electron chi connectivity index (χ2n) is 5.73. The highest BCUT2D eigenvalue weighted by molar-refractivity contribution is 5.75. The van der Waals surface area contributed by atoms with Crippen LogP contribution in [0.2, 0.25) is 0 Å². The van der Waals surface area contributed by atoms with Crippen LogP contribution in [0.1, 0.15) is 0 Å². The molecule has 6 fully saturated rings. The van der Waals surface area contributed by atoms with Gasteiger partial charge in [-0.25, -0.2) is 0 Å². The Morgan fingerprint density at radius 1 is 0.500 bits per heavy atom. The molecule has 64 valence electrons. The summed E-state index contributed by atoms with van der Waals surface area (Å²) in [5.41, 5.74) is 24.7. The topological polar surface area (TPSA) is 104 Å². The average Bonchev–Trinajstić information content (AvgIpc) is 1.78. The molecule has 0 unspecified atom stereocenters. The standard InChI is InChI=1S/C8H12N4/c9-5-1-6(10)2(5)8(12)3(5)7(1,11)4(6)8/h1-4H,9-12H2. The van der Waals surface area contributed by atoms with Gasteiger partial charge in [0.2, 0.25) is 0 Å². The second kappa shape index (κ2) is 0.817. The van der Waals surface area contributed by atoms with E-state index < -0.39 is 0 Å². The minimum absolute atomic E-state index is 0.0208. The summed E-state index contributed by atoms with van der Waals surface area (Å²) in [6.07, 6.45) is 0. The molecule has 6 aliphatic rings. The molecule has 6 rings (SSSR count). The van der Waals surface area contributed by atoms with Gasteiger partial charge in [0, 0.05) is 45.8 Å². The first-order valence-corrected chi connectivity index (χ1v) is 4.62. The van der Waals surface area contributed by atoms with Crippen molar-refractivity contribution in [2.75, 3.05) is 0 Å². The van der Waals surface area contributed by atoms with Gasteiger partial charge in [0.1, 0.15) is 0 Å². The zero-order chi connectivity index (χ0) is 8.31. The third kappa shape index (κ3) is 0.149. The fraction of sp³-hybridized carbons (Fsp3) is 1.00. The summed E-state index contributed by atoms with van der Waals surface area (Å²) in [7, 11) is 0. The molecule has 6 aliphatic carbocycles. The van der Waals surface area contributed by atoms with E-state index in [1.165, 1.54) is 0 Å². The highest BCUT2D eigenvalue weighted by atomic mass is 15.4. The maximum atomic E-state index is 6.20.